The van der Waals surface area contributed by atoms with Gasteiger partial charge in [0.15, 0.2) is 5.78 Å². The number of carbonyl (C=O) groups is 1. The zero-order chi connectivity index (χ0) is 16.8. The summed E-state index contributed by atoms with van der Waals surface area (Å²) in [5.74, 6) is 0.425. The van der Waals surface area contributed by atoms with E-state index in [1.807, 2.05) is 6.92 Å². The molecule has 6 heteroatoms. The van der Waals surface area contributed by atoms with E-state index in [2.05, 4.69) is 0 Å². The molecule has 0 N–H and O–H groups in total. The van der Waals surface area contributed by atoms with Crippen molar-refractivity contribution in [2.45, 2.75) is 25.7 Å². The first-order valence-corrected chi connectivity index (χ1v) is 7.68. The fraction of sp³-hybridized carbons (Fsp3) is 0.471. The summed E-state index contributed by atoms with van der Waals surface area (Å²) in [5.41, 5.74) is 0.786. The van der Waals surface area contributed by atoms with Crippen molar-refractivity contribution in [1.29, 1.82) is 0 Å². The first-order valence-electron chi connectivity index (χ1n) is 7.68. The second kappa shape index (κ2) is 7.76. The van der Waals surface area contributed by atoms with Gasteiger partial charge >= 0.3 is 0 Å². The van der Waals surface area contributed by atoms with E-state index in [9.17, 15) is 14.9 Å². The molecule has 1 aromatic carbocycles. The third kappa shape index (κ3) is 4.31. The fourth-order valence-corrected chi connectivity index (χ4v) is 2.95. The van der Waals surface area contributed by atoms with Crippen LogP contribution in [0, 0.1) is 16.0 Å². The minimum Gasteiger partial charge on any atom is -0.498 e. The SMILES string of the molecule is CCOC1=CC(=O)C(C(C[N+](=O)[O-])c2ccc(OC)cc2)CC1. The second-order valence-electron chi connectivity index (χ2n) is 5.49. The van der Waals surface area contributed by atoms with Crippen molar-refractivity contribution in [3.8, 4) is 5.75 Å². The highest BCUT2D eigenvalue weighted by atomic mass is 16.6. The van der Waals surface area contributed by atoms with Gasteiger partial charge in [-0.3, -0.25) is 14.9 Å². The largest absolute Gasteiger partial charge is 0.498 e. The lowest BCUT2D eigenvalue weighted by molar-refractivity contribution is -0.484. The van der Waals surface area contributed by atoms with Crippen molar-refractivity contribution >= 4 is 5.78 Å². The number of nitro groups is 1. The topological polar surface area (TPSA) is 78.7 Å². The highest BCUT2D eigenvalue weighted by Gasteiger charge is 2.34. The van der Waals surface area contributed by atoms with Crippen LogP contribution < -0.4 is 4.74 Å². The Morgan fingerprint density at radius 2 is 2.04 bits per heavy atom. The summed E-state index contributed by atoms with van der Waals surface area (Å²) in [5, 5.41) is 11.1. The highest BCUT2D eigenvalue weighted by Crippen LogP contribution is 2.34. The molecule has 0 bridgehead atoms. The second-order valence-corrected chi connectivity index (χ2v) is 5.49. The number of allylic oxidation sites excluding steroid dienone is 2. The van der Waals surface area contributed by atoms with Gasteiger partial charge < -0.3 is 9.47 Å². The Hall–Kier alpha value is -2.37. The first-order chi connectivity index (χ1) is 11.0. The smallest absolute Gasteiger partial charge is 0.211 e. The molecule has 0 spiro atoms. The van der Waals surface area contributed by atoms with Crippen molar-refractivity contribution in [2.24, 2.45) is 5.92 Å². The van der Waals surface area contributed by atoms with Gasteiger partial charge in [0, 0.05) is 23.3 Å². The maximum Gasteiger partial charge on any atom is 0.211 e. The number of ether oxygens (including phenoxy) is 2. The Morgan fingerprint density at radius 3 is 2.57 bits per heavy atom. The highest BCUT2D eigenvalue weighted by molar-refractivity contribution is 5.93. The van der Waals surface area contributed by atoms with Gasteiger partial charge in [-0.15, -0.1) is 0 Å². The van der Waals surface area contributed by atoms with E-state index in [4.69, 9.17) is 9.47 Å². The molecule has 23 heavy (non-hydrogen) atoms. The van der Waals surface area contributed by atoms with Crippen LogP contribution in [0.1, 0.15) is 31.2 Å². The van der Waals surface area contributed by atoms with Crippen molar-refractivity contribution < 1.29 is 19.2 Å². The number of nitrogens with zero attached hydrogens (tertiary/aromatic N) is 1. The molecule has 0 saturated carbocycles. The molecule has 0 amide bonds. The van der Waals surface area contributed by atoms with Gasteiger partial charge in [0.2, 0.25) is 6.54 Å². The van der Waals surface area contributed by atoms with Crippen LogP contribution in [0.2, 0.25) is 0 Å². The number of rotatable bonds is 7. The normalized spacial score (nSPS) is 19.0. The van der Waals surface area contributed by atoms with Gasteiger partial charge in [0.25, 0.3) is 0 Å². The Kier molecular flexibility index (Phi) is 5.73. The molecule has 2 unspecified atom stereocenters. The number of ketones is 1. The van der Waals surface area contributed by atoms with Crippen molar-refractivity contribution in [3.63, 3.8) is 0 Å². The molecule has 6 nitrogen and oxygen atoms in total. The number of benzene rings is 1. The van der Waals surface area contributed by atoms with Crippen LogP contribution >= 0.6 is 0 Å². The molecule has 124 valence electrons. The Balaban J connectivity index is 2.24. The zero-order valence-electron chi connectivity index (χ0n) is 13.4. The van der Waals surface area contributed by atoms with E-state index in [-0.39, 0.29) is 17.3 Å². The molecular weight excluding hydrogens is 298 g/mol. The van der Waals surface area contributed by atoms with E-state index in [1.54, 1.807) is 31.4 Å². The van der Waals surface area contributed by atoms with E-state index in [0.717, 1.165) is 5.56 Å². The molecule has 0 radical (unpaired) electrons. The third-order valence-corrected chi connectivity index (χ3v) is 4.08. The summed E-state index contributed by atoms with van der Waals surface area (Å²) in [6.07, 6.45) is 2.69. The average Bonchev–Trinajstić information content (AvgIpc) is 2.53. The fourth-order valence-electron chi connectivity index (χ4n) is 2.95. The Labute approximate surface area is 135 Å². The molecule has 0 aliphatic heterocycles. The number of carbonyl (C=O) groups excluding carboxylic acids is 1. The molecular formula is C17H21NO5. The summed E-state index contributed by atoms with van der Waals surface area (Å²) in [4.78, 5) is 23.1. The summed E-state index contributed by atoms with van der Waals surface area (Å²) in [6.45, 7) is 2.12. The first kappa shape index (κ1) is 17.0. The summed E-state index contributed by atoms with van der Waals surface area (Å²) in [6, 6.07) is 7.11. The Morgan fingerprint density at radius 1 is 1.35 bits per heavy atom. The summed E-state index contributed by atoms with van der Waals surface area (Å²) >= 11 is 0. The predicted molar refractivity (Wildman–Crippen MR) is 85.0 cm³/mol. The van der Waals surface area contributed by atoms with Crippen LogP contribution in [0.4, 0.5) is 0 Å². The van der Waals surface area contributed by atoms with Crippen LogP contribution in [0.5, 0.6) is 5.75 Å². The van der Waals surface area contributed by atoms with Gasteiger partial charge in [-0.2, -0.15) is 0 Å². The third-order valence-electron chi connectivity index (χ3n) is 4.08. The maximum atomic E-state index is 12.4. The monoisotopic (exact) mass is 319 g/mol. The molecule has 1 aliphatic carbocycles. The van der Waals surface area contributed by atoms with Crippen LogP contribution in [-0.4, -0.2) is 31.0 Å². The molecule has 1 aliphatic rings. The van der Waals surface area contributed by atoms with Gasteiger partial charge in [-0.1, -0.05) is 12.1 Å². The minimum absolute atomic E-state index is 0.0950. The number of hydrogen-bond acceptors (Lipinski definition) is 5. The van der Waals surface area contributed by atoms with Crippen LogP contribution in [0.15, 0.2) is 36.1 Å². The molecule has 0 saturated heterocycles. The predicted octanol–water partition coefficient (Wildman–Crippen LogP) is 2.96. The summed E-state index contributed by atoms with van der Waals surface area (Å²) in [7, 11) is 1.56. The van der Waals surface area contributed by atoms with Gasteiger partial charge in [0.1, 0.15) is 5.75 Å². The van der Waals surface area contributed by atoms with E-state index in [0.29, 0.717) is 31.0 Å². The van der Waals surface area contributed by atoms with Crippen LogP contribution in [0.25, 0.3) is 0 Å². The van der Waals surface area contributed by atoms with Crippen molar-refractivity contribution in [2.75, 3.05) is 20.3 Å². The molecule has 0 heterocycles. The molecule has 0 fully saturated rings. The number of methoxy groups -OCH3 is 1. The van der Waals surface area contributed by atoms with E-state index in [1.165, 1.54) is 6.08 Å². The van der Waals surface area contributed by atoms with Crippen molar-refractivity contribution in [3.05, 3.63) is 51.8 Å². The van der Waals surface area contributed by atoms with Crippen LogP contribution in [-0.2, 0) is 9.53 Å². The molecule has 2 rings (SSSR count). The van der Waals surface area contributed by atoms with Crippen LogP contribution in [0.3, 0.4) is 0 Å². The minimum atomic E-state index is -0.442. The van der Waals surface area contributed by atoms with Crippen molar-refractivity contribution in [1.82, 2.24) is 0 Å². The van der Waals surface area contributed by atoms with E-state index < -0.39 is 11.8 Å². The lowest BCUT2D eigenvalue weighted by atomic mass is 9.78. The molecule has 0 aromatic heterocycles. The lowest BCUT2D eigenvalue weighted by Crippen LogP contribution is -2.29. The zero-order valence-corrected chi connectivity index (χ0v) is 13.4. The van der Waals surface area contributed by atoms with E-state index >= 15 is 0 Å². The van der Waals surface area contributed by atoms with Gasteiger partial charge in [-0.05, 0) is 31.0 Å². The molecule has 1 aromatic rings. The van der Waals surface area contributed by atoms with Gasteiger partial charge in [-0.25, -0.2) is 0 Å². The van der Waals surface area contributed by atoms with Gasteiger partial charge in [0.05, 0.1) is 25.4 Å². The maximum absolute atomic E-state index is 12.4. The molecule has 2 atom stereocenters. The quantitative estimate of drug-likeness (QED) is 0.570. The standard InChI is InChI=1S/C17H21NO5/c1-3-23-14-8-9-15(17(19)10-14)16(11-18(20)21)12-4-6-13(22-2)7-5-12/h4-7,10,15-16H,3,8-9,11H2,1-2H3. The Bertz CT molecular complexity index is 594. The number of hydrogen-bond donors (Lipinski definition) is 0. The summed E-state index contributed by atoms with van der Waals surface area (Å²) < 4.78 is 10.5. The average molecular weight is 319 g/mol. The lowest BCUT2D eigenvalue weighted by Gasteiger charge is -2.26.